The topological polar surface area (TPSA) is 61.6 Å². The molecule has 2 aromatic rings. The molecule has 0 bridgehead atoms. The second-order valence-electron chi connectivity index (χ2n) is 4.40. The SMILES string of the molecule is CCCc1nc(Cl)cc(Nc2ccc(CC#N)cc2)n1. The van der Waals surface area contributed by atoms with Crippen molar-refractivity contribution in [1.82, 2.24) is 9.97 Å². The van der Waals surface area contributed by atoms with Crippen LogP contribution in [0.2, 0.25) is 5.15 Å². The van der Waals surface area contributed by atoms with E-state index in [1.165, 1.54) is 0 Å². The van der Waals surface area contributed by atoms with Gasteiger partial charge < -0.3 is 5.32 Å². The van der Waals surface area contributed by atoms with Gasteiger partial charge in [0.05, 0.1) is 12.5 Å². The van der Waals surface area contributed by atoms with Gasteiger partial charge in [0.15, 0.2) is 0 Å². The number of nitrogens with one attached hydrogen (secondary N) is 1. The molecule has 1 N–H and O–H groups in total. The summed E-state index contributed by atoms with van der Waals surface area (Å²) < 4.78 is 0. The zero-order valence-corrected chi connectivity index (χ0v) is 12.0. The minimum Gasteiger partial charge on any atom is -0.340 e. The average Bonchev–Trinajstić information content (AvgIpc) is 2.41. The van der Waals surface area contributed by atoms with E-state index < -0.39 is 0 Å². The van der Waals surface area contributed by atoms with Crippen molar-refractivity contribution < 1.29 is 0 Å². The number of rotatable bonds is 5. The van der Waals surface area contributed by atoms with Crippen LogP contribution < -0.4 is 5.32 Å². The summed E-state index contributed by atoms with van der Waals surface area (Å²) in [4.78, 5) is 8.60. The summed E-state index contributed by atoms with van der Waals surface area (Å²) in [6, 6.07) is 11.5. The first-order chi connectivity index (χ1) is 9.71. The molecule has 0 unspecified atom stereocenters. The van der Waals surface area contributed by atoms with Crippen LogP contribution in [0.5, 0.6) is 0 Å². The molecular formula is C15H15ClN4. The lowest BCUT2D eigenvalue weighted by molar-refractivity contribution is 0.837. The van der Waals surface area contributed by atoms with Gasteiger partial charge in [-0.15, -0.1) is 0 Å². The number of halogens is 1. The summed E-state index contributed by atoms with van der Waals surface area (Å²) in [7, 11) is 0. The molecule has 0 amide bonds. The van der Waals surface area contributed by atoms with Crippen molar-refractivity contribution in [1.29, 1.82) is 5.26 Å². The van der Waals surface area contributed by atoms with Crippen LogP contribution in [-0.4, -0.2) is 9.97 Å². The van der Waals surface area contributed by atoms with Crippen molar-refractivity contribution in [3.63, 3.8) is 0 Å². The molecule has 5 heteroatoms. The minimum absolute atomic E-state index is 0.417. The Balaban J connectivity index is 2.14. The van der Waals surface area contributed by atoms with E-state index in [4.69, 9.17) is 16.9 Å². The van der Waals surface area contributed by atoms with Gasteiger partial charge in [0.25, 0.3) is 0 Å². The normalized spacial score (nSPS) is 10.1. The average molecular weight is 287 g/mol. The Morgan fingerprint density at radius 2 is 2.00 bits per heavy atom. The molecule has 0 fully saturated rings. The monoisotopic (exact) mass is 286 g/mol. The number of aryl methyl sites for hydroxylation is 1. The van der Waals surface area contributed by atoms with E-state index in [1.807, 2.05) is 24.3 Å². The van der Waals surface area contributed by atoms with E-state index in [-0.39, 0.29) is 0 Å². The lowest BCUT2D eigenvalue weighted by Crippen LogP contribution is -2.00. The zero-order chi connectivity index (χ0) is 14.4. The van der Waals surface area contributed by atoms with Crippen molar-refractivity contribution in [2.24, 2.45) is 0 Å². The van der Waals surface area contributed by atoms with Crippen molar-refractivity contribution >= 4 is 23.1 Å². The third-order valence-electron chi connectivity index (χ3n) is 2.72. The standard InChI is InChI=1S/C15H15ClN4/c1-2-3-14-19-13(16)10-15(20-14)18-12-6-4-11(5-7-12)8-9-17/h4-7,10H,2-3,8H2,1H3,(H,18,19,20). The molecule has 0 aliphatic rings. The maximum atomic E-state index is 8.64. The smallest absolute Gasteiger partial charge is 0.135 e. The molecule has 4 nitrogen and oxygen atoms in total. The fraction of sp³-hybridized carbons (Fsp3) is 0.267. The third kappa shape index (κ3) is 3.94. The molecule has 0 aliphatic heterocycles. The number of benzene rings is 1. The van der Waals surface area contributed by atoms with E-state index in [2.05, 4.69) is 28.3 Å². The molecule has 0 saturated heterocycles. The van der Waals surface area contributed by atoms with Gasteiger partial charge >= 0.3 is 0 Å². The van der Waals surface area contributed by atoms with Crippen LogP contribution in [0.1, 0.15) is 24.7 Å². The van der Waals surface area contributed by atoms with Crippen molar-refractivity contribution in [2.45, 2.75) is 26.2 Å². The van der Waals surface area contributed by atoms with Crippen LogP contribution in [-0.2, 0) is 12.8 Å². The molecule has 2 rings (SSSR count). The Hall–Kier alpha value is -2.12. The maximum absolute atomic E-state index is 8.64. The van der Waals surface area contributed by atoms with E-state index in [0.717, 1.165) is 29.9 Å². The predicted molar refractivity (Wildman–Crippen MR) is 80.1 cm³/mol. The molecule has 1 heterocycles. The van der Waals surface area contributed by atoms with Crippen LogP contribution >= 0.6 is 11.6 Å². The Labute approximate surface area is 123 Å². The minimum atomic E-state index is 0.417. The van der Waals surface area contributed by atoms with Gasteiger partial charge in [-0.3, -0.25) is 0 Å². The highest BCUT2D eigenvalue weighted by atomic mass is 35.5. The highest BCUT2D eigenvalue weighted by Crippen LogP contribution is 2.18. The predicted octanol–water partition coefficient (Wildman–Crippen LogP) is 3.89. The highest BCUT2D eigenvalue weighted by Gasteiger charge is 2.03. The number of hydrogen-bond donors (Lipinski definition) is 1. The number of nitriles is 1. The molecule has 102 valence electrons. The quantitative estimate of drug-likeness (QED) is 0.847. The number of nitrogens with zero attached hydrogens (tertiary/aromatic N) is 3. The largest absolute Gasteiger partial charge is 0.340 e. The first-order valence-corrected chi connectivity index (χ1v) is 6.85. The van der Waals surface area contributed by atoms with Gasteiger partial charge in [0, 0.05) is 18.2 Å². The van der Waals surface area contributed by atoms with Gasteiger partial charge in [0.1, 0.15) is 16.8 Å². The fourth-order valence-electron chi connectivity index (χ4n) is 1.81. The maximum Gasteiger partial charge on any atom is 0.135 e. The zero-order valence-electron chi connectivity index (χ0n) is 11.2. The first-order valence-electron chi connectivity index (χ1n) is 6.47. The summed E-state index contributed by atoms with van der Waals surface area (Å²) in [6.07, 6.45) is 2.19. The van der Waals surface area contributed by atoms with Crippen LogP contribution in [0.15, 0.2) is 30.3 Å². The van der Waals surface area contributed by atoms with E-state index in [1.54, 1.807) is 6.07 Å². The second-order valence-corrected chi connectivity index (χ2v) is 4.79. The summed E-state index contributed by atoms with van der Waals surface area (Å²) in [5.41, 5.74) is 1.90. The molecule has 0 radical (unpaired) electrons. The van der Waals surface area contributed by atoms with E-state index in [9.17, 15) is 0 Å². The van der Waals surface area contributed by atoms with Crippen LogP contribution in [0.25, 0.3) is 0 Å². The molecule has 0 spiro atoms. The van der Waals surface area contributed by atoms with E-state index >= 15 is 0 Å². The Bertz CT molecular complexity index is 617. The van der Waals surface area contributed by atoms with Crippen LogP contribution in [0.4, 0.5) is 11.5 Å². The van der Waals surface area contributed by atoms with E-state index in [0.29, 0.717) is 17.4 Å². The van der Waals surface area contributed by atoms with Gasteiger partial charge in [-0.1, -0.05) is 30.7 Å². The van der Waals surface area contributed by atoms with Crippen molar-refractivity contribution in [2.75, 3.05) is 5.32 Å². The van der Waals surface area contributed by atoms with Gasteiger partial charge in [-0.2, -0.15) is 5.26 Å². The number of anilines is 2. The lowest BCUT2D eigenvalue weighted by Gasteiger charge is -2.08. The van der Waals surface area contributed by atoms with Crippen molar-refractivity contribution in [3.8, 4) is 6.07 Å². The molecule has 20 heavy (non-hydrogen) atoms. The number of hydrogen-bond acceptors (Lipinski definition) is 4. The Morgan fingerprint density at radius 1 is 1.25 bits per heavy atom. The molecule has 0 atom stereocenters. The van der Waals surface area contributed by atoms with Crippen molar-refractivity contribution in [3.05, 3.63) is 46.9 Å². The summed E-state index contributed by atoms with van der Waals surface area (Å²) in [5, 5.41) is 12.3. The Kier molecular flexibility index (Phi) is 4.91. The van der Waals surface area contributed by atoms with Gasteiger partial charge in [-0.25, -0.2) is 9.97 Å². The fourth-order valence-corrected chi connectivity index (χ4v) is 2.01. The van der Waals surface area contributed by atoms with Gasteiger partial charge in [0.2, 0.25) is 0 Å². The lowest BCUT2D eigenvalue weighted by atomic mass is 10.1. The Morgan fingerprint density at radius 3 is 2.65 bits per heavy atom. The third-order valence-corrected chi connectivity index (χ3v) is 2.92. The molecule has 1 aromatic carbocycles. The first kappa shape index (κ1) is 14.3. The summed E-state index contributed by atoms with van der Waals surface area (Å²) >= 11 is 5.99. The summed E-state index contributed by atoms with van der Waals surface area (Å²) in [6.45, 7) is 2.07. The van der Waals surface area contributed by atoms with Crippen LogP contribution in [0, 0.1) is 11.3 Å². The summed E-state index contributed by atoms with van der Waals surface area (Å²) in [5.74, 6) is 1.42. The molecule has 0 aliphatic carbocycles. The van der Waals surface area contributed by atoms with Crippen LogP contribution in [0.3, 0.4) is 0 Å². The molecular weight excluding hydrogens is 272 g/mol. The number of aromatic nitrogens is 2. The molecule has 1 aromatic heterocycles. The van der Waals surface area contributed by atoms with Gasteiger partial charge in [-0.05, 0) is 24.1 Å². The molecule has 0 saturated carbocycles. The highest BCUT2D eigenvalue weighted by molar-refractivity contribution is 6.29. The second kappa shape index (κ2) is 6.88.